The highest BCUT2D eigenvalue weighted by Crippen LogP contribution is 2.16. The smallest absolute Gasteiger partial charge is 0.251 e. The zero-order valence-electron chi connectivity index (χ0n) is 9.61. The quantitative estimate of drug-likeness (QED) is 0.732. The predicted octanol–water partition coefficient (Wildman–Crippen LogP) is 0.873. The summed E-state index contributed by atoms with van der Waals surface area (Å²) in [5, 5.41) is 12.2. The Kier molecular flexibility index (Phi) is 3.04. The molecule has 6 nitrogen and oxygen atoms in total. The number of amides is 1. The number of anilines is 1. The van der Waals surface area contributed by atoms with Crippen LogP contribution in [-0.4, -0.2) is 35.2 Å². The van der Waals surface area contributed by atoms with Gasteiger partial charge in [-0.3, -0.25) is 9.89 Å². The van der Waals surface area contributed by atoms with Gasteiger partial charge in [-0.1, -0.05) is 12.1 Å². The maximum atomic E-state index is 11.4. The Hall–Kier alpha value is -2.37. The van der Waals surface area contributed by atoms with E-state index in [-0.39, 0.29) is 5.91 Å². The van der Waals surface area contributed by atoms with Gasteiger partial charge in [0.25, 0.3) is 5.91 Å². The van der Waals surface area contributed by atoms with Crippen molar-refractivity contribution in [2.45, 2.75) is 0 Å². The van der Waals surface area contributed by atoms with E-state index in [4.69, 9.17) is 0 Å². The van der Waals surface area contributed by atoms with Crippen LogP contribution in [0.3, 0.4) is 0 Å². The van der Waals surface area contributed by atoms with Crippen molar-refractivity contribution < 1.29 is 4.79 Å². The van der Waals surface area contributed by atoms with Crippen LogP contribution in [0.1, 0.15) is 10.4 Å². The number of H-pyrrole nitrogens is 1. The molecular formula is C11H13N5O. The van der Waals surface area contributed by atoms with Crippen LogP contribution in [0.15, 0.2) is 24.3 Å². The van der Waals surface area contributed by atoms with Gasteiger partial charge in [0.15, 0.2) is 5.82 Å². The topological polar surface area (TPSA) is 82.7 Å². The van der Waals surface area contributed by atoms with Crippen molar-refractivity contribution in [1.29, 1.82) is 0 Å². The van der Waals surface area contributed by atoms with Crippen LogP contribution in [-0.2, 0) is 0 Å². The standard InChI is InChI=1S/C11H13N5O/c1-12-10(17)8-5-3-7(4-6-8)9-14-11(13-2)16-15-9/h3-6H,1-2H3,(H,12,17)(H2,13,14,15,16). The predicted molar refractivity (Wildman–Crippen MR) is 64.8 cm³/mol. The fourth-order valence-corrected chi connectivity index (χ4v) is 1.43. The first-order chi connectivity index (χ1) is 8.24. The van der Waals surface area contributed by atoms with Gasteiger partial charge in [0.05, 0.1) is 0 Å². The number of hydrogen-bond donors (Lipinski definition) is 3. The summed E-state index contributed by atoms with van der Waals surface area (Å²) in [7, 11) is 3.35. The Labute approximate surface area is 98.5 Å². The van der Waals surface area contributed by atoms with Crippen LogP contribution in [0, 0.1) is 0 Å². The molecule has 1 heterocycles. The molecule has 0 aliphatic rings. The van der Waals surface area contributed by atoms with E-state index in [9.17, 15) is 4.79 Å². The Morgan fingerprint density at radius 2 is 1.94 bits per heavy atom. The monoisotopic (exact) mass is 231 g/mol. The third-order valence-corrected chi connectivity index (χ3v) is 2.36. The average Bonchev–Trinajstić information content (AvgIpc) is 2.87. The zero-order chi connectivity index (χ0) is 12.3. The van der Waals surface area contributed by atoms with Crippen molar-refractivity contribution in [1.82, 2.24) is 20.5 Å². The van der Waals surface area contributed by atoms with Crippen LogP contribution in [0.4, 0.5) is 5.95 Å². The summed E-state index contributed by atoms with van der Waals surface area (Å²) < 4.78 is 0. The fourth-order valence-electron chi connectivity index (χ4n) is 1.43. The molecule has 0 saturated carbocycles. The van der Waals surface area contributed by atoms with E-state index in [0.29, 0.717) is 17.3 Å². The normalized spacial score (nSPS) is 10.0. The minimum Gasteiger partial charge on any atom is -0.356 e. The number of carbonyl (C=O) groups is 1. The van der Waals surface area contributed by atoms with Crippen molar-refractivity contribution in [3.8, 4) is 11.4 Å². The largest absolute Gasteiger partial charge is 0.356 e. The molecule has 1 aromatic heterocycles. The lowest BCUT2D eigenvalue weighted by atomic mass is 10.1. The van der Waals surface area contributed by atoms with Crippen LogP contribution in [0.5, 0.6) is 0 Å². The molecule has 2 aromatic rings. The highest BCUT2D eigenvalue weighted by Gasteiger charge is 2.06. The molecule has 1 amide bonds. The van der Waals surface area contributed by atoms with Crippen molar-refractivity contribution in [3.05, 3.63) is 29.8 Å². The molecule has 6 heteroatoms. The van der Waals surface area contributed by atoms with Gasteiger partial charge < -0.3 is 10.6 Å². The van der Waals surface area contributed by atoms with E-state index in [1.54, 1.807) is 26.2 Å². The first-order valence-electron chi connectivity index (χ1n) is 5.17. The third-order valence-electron chi connectivity index (χ3n) is 2.36. The second-order valence-corrected chi connectivity index (χ2v) is 3.41. The molecule has 17 heavy (non-hydrogen) atoms. The Balaban J connectivity index is 2.25. The summed E-state index contributed by atoms with van der Waals surface area (Å²) in [5.41, 5.74) is 1.50. The van der Waals surface area contributed by atoms with Crippen molar-refractivity contribution in [3.63, 3.8) is 0 Å². The number of rotatable bonds is 3. The molecule has 2 rings (SSSR count). The molecule has 0 radical (unpaired) electrons. The average molecular weight is 231 g/mol. The number of aromatic amines is 1. The van der Waals surface area contributed by atoms with Crippen molar-refractivity contribution >= 4 is 11.9 Å². The summed E-state index contributed by atoms with van der Waals surface area (Å²) in [6.07, 6.45) is 0. The molecule has 0 atom stereocenters. The van der Waals surface area contributed by atoms with Gasteiger partial charge in [0, 0.05) is 25.2 Å². The summed E-state index contributed by atoms with van der Waals surface area (Å²) in [6, 6.07) is 7.14. The molecule has 0 saturated heterocycles. The highest BCUT2D eigenvalue weighted by molar-refractivity contribution is 5.94. The summed E-state index contributed by atoms with van der Waals surface area (Å²) >= 11 is 0. The van der Waals surface area contributed by atoms with Crippen LogP contribution in [0.25, 0.3) is 11.4 Å². The number of nitrogens with one attached hydrogen (secondary N) is 3. The van der Waals surface area contributed by atoms with E-state index >= 15 is 0 Å². The molecule has 0 spiro atoms. The number of benzene rings is 1. The molecule has 0 bridgehead atoms. The summed E-state index contributed by atoms with van der Waals surface area (Å²) in [4.78, 5) is 15.6. The van der Waals surface area contributed by atoms with Gasteiger partial charge in [0.2, 0.25) is 5.95 Å². The van der Waals surface area contributed by atoms with Gasteiger partial charge in [0.1, 0.15) is 0 Å². The maximum Gasteiger partial charge on any atom is 0.251 e. The maximum absolute atomic E-state index is 11.4. The van der Waals surface area contributed by atoms with E-state index < -0.39 is 0 Å². The lowest BCUT2D eigenvalue weighted by molar-refractivity contribution is 0.0963. The van der Waals surface area contributed by atoms with E-state index in [2.05, 4.69) is 25.8 Å². The lowest BCUT2D eigenvalue weighted by Crippen LogP contribution is -2.17. The Bertz CT molecular complexity index is 517. The number of aromatic nitrogens is 3. The van der Waals surface area contributed by atoms with Gasteiger partial charge >= 0.3 is 0 Å². The van der Waals surface area contributed by atoms with Gasteiger partial charge in [-0.2, -0.15) is 4.98 Å². The molecule has 1 aromatic carbocycles. The fraction of sp³-hybridized carbons (Fsp3) is 0.182. The number of hydrogen-bond acceptors (Lipinski definition) is 4. The van der Waals surface area contributed by atoms with Crippen LogP contribution >= 0.6 is 0 Å². The minimum absolute atomic E-state index is 0.106. The van der Waals surface area contributed by atoms with Crippen molar-refractivity contribution in [2.24, 2.45) is 0 Å². The van der Waals surface area contributed by atoms with Crippen LogP contribution in [0.2, 0.25) is 0 Å². The molecule has 3 N–H and O–H groups in total. The molecule has 0 unspecified atom stereocenters. The third kappa shape index (κ3) is 2.25. The zero-order valence-corrected chi connectivity index (χ0v) is 9.61. The van der Waals surface area contributed by atoms with Gasteiger partial charge in [-0.15, -0.1) is 5.10 Å². The van der Waals surface area contributed by atoms with E-state index in [1.807, 2.05) is 12.1 Å². The number of carbonyl (C=O) groups excluding carboxylic acids is 1. The minimum atomic E-state index is -0.106. The lowest BCUT2D eigenvalue weighted by Gasteiger charge is -2.00. The first kappa shape index (κ1) is 11.1. The molecule has 0 aliphatic heterocycles. The highest BCUT2D eigenvalue weighted by atomic mass is 16.1. The first-order valence-corrected chi connectivity index (χ1v) is 5.17. The van der Waals surface area contributed by atoms with E-state index in [0.717, 1.165) is 5.56 Å². The van der Waals surface area contributed by atoms with Crippen molar-refractivity contribution in [2.75, 3.05) is 19.4 Å². The Morgan fingerprint density at radius 3 is 2.47 bits per heavy atom. The summed E-state index contributed by atoms with van der Waals surface area (Å²) in [6.45, 7) is 0. The Morgan fingerprint density at radius 1 is 1.24 bits per heavy atom. The molecule has 0 aliphatic carbocycles. The second kappa shape index (κ2) is 4.65. The van der Waals surface area contributed by atoms with Gasteiger partial charge in [-0.25, -0.2) is 0 Å². The van der Waals surface area contributed by atoms with E-state index in [1.165, 1.54) is 0 Å². The SMILES string of the molecule is CNC(=O)c1ccc(-c2nc(NC)n[nH]2)cc1. The van der Waals surface area contributed by atoms with Gasteiger partial charge in [-0.05, 0) is 12.1 Å². The molecular weight excluding hydrogens is 218 g/mol. The summed E-state index contributed by atoms with van der Waals surface area (Å²) in [5.74, 6) is 1.10. The second-order valence-electron chi connectivity index (χ2n) is 3.41. The molecule has 0 fully saturated rings. The molecule has 88 valence electrons. The van der Waals surface area contributed by atoms with Crippen LogP contribution < -0.4 is 10.6 Å². The number of nitrogens with zero attached hydrogens (tertiary/aromatic N) is 2.